The molecule has 0 saturated carbocycles. The van der Waals surface area contributed by atoms with Crippen molar-refractivity contribution in [1.29, 1.82) is 0 Å². The molecular weight excluding hydrogens is 336 g/mol. The maximum absolute atomic E-state index is 12.9. The van der Waals surface area contributed by atoms with Crippen molar-refractivity contribution in [2.75, 3.05) is 33.0 Å². The minimum atomic E-state index is -0.631. The van der Waals surface area contributed by atoms with E-state index in [-0.39, 0.29) is 12.7 Å². The minimum Gasteiger partial charge on any atom is -0.492 e. The number of hydrogen-bond acceptors (Lipinski definition) is 6. The van der Waals surface area contributed by atoms with Crippen LogP contribution >= 0.6 is 0 Å². The molecule has 3 heterocycles. The highest BCUT2D eigenvalue weighted by molar-refractivity contribution is 5.84. The molecule has 1 saturated heterocycles. The molecule has 2 aromatic rings. The van der Waals surface area contributed by atoms with Gasteiger partial charge in [0.25, 0.3) is 0 Å². The van der Waals surface area contributed by atoms with E-state index in [0.29, 0.717) is 37.5 Å². The highest BCUT2D eigenvalue weighted by Gasteiger charge is 2.41. The zero-order valence-corrected chi connectivity index (χ0v) is 14.4. The van der Waals surface area contributed by atoms with Crippen LogP contribution in [0.5, 0.6) is 17.2 Å². The lowest BCUT2D eigenvalue weighted by Crippen LogP contribution is -2.55. The van der Waals surface area contributed by atoms with Crippen LogP contribution in [0.15, 0.2) is 36.7 Å². The molecule has 4 rings (SSSR count). The van der Waals surface area contributed by atoms with Crippen molar-refractivity contribution >= 4 is 5.91 Å². The van der Waals surface area contributed by atoms with Gasteiger partial charge < -0.3 is 24.8 Å². The van der Waals surface area contributed by atoms with Gasteiger partial charge in [0.15, 0.2) is 11.5 Å². The summed E-state index contributed by atoms with van der Waals surface area (Å²) in [5.74, 6) is 2.07. The van der Waals surface area contributed by atoms with Crippen LogP contribution in [-0.2, 0) is 10.3 Å². The van der Waals surface area contributed by atoms with E-state index in [2.05, 4.69) is 15.7 Å². The number of nitrogens with zero attached hydrogens (tertiary/aromatic N) is 2. The van der Waals surface area contributed by atoms with Crippen LogP contribution in [0.2, 0.25) is 0 Å². The van der Waals surface area contributed by atoms with Crippen molar-refractivity contribution in [3.63, 3.8) is 0 Å². The number of fused-ring (bicyclic) bond motifs is 1. The lowest BCUT2D eigenvalue weighted by Gasteiger charge is -2.36. The molecule has 0 atom stereocenters. The number of rotatable bonds is 6. The van der Waals surface area contributed by atoms with Gasteiger partial charge in [0.1, 0.15) is 17.9 Å². The fraction of sp³-hybridized carbons (Fsp3) is 0.444. The van der Waals surface area contributed by atoms with E-state index in [9.17, 15) is 4.79 Å². The highest BCUT2D eigenvalue weighted by Crippen LogP contribution is 2.35. The molecule has 1 fully saturated rings. The van der Waals surface area contributed by atoms with Crippen LogP contribution in [0.1, 0.15) is 12.8 Å². The summed E-state index contributed by atoms with van der Waals surface area (Å²) in [6, 6.07) is 7.29. The Labute approximate surface area is 151 Å². The molecule has 1 aromatic carbocycles. The van der Waals surface area contributed by atoms with E-state index in [1.165, 1.54) is 0 Å². The van der Waals surface area contributed by atoms with E-state index >= 15 is 0 Å². The highest BCUT2D eigenvalue weighted by atomic mass is 16.7. The fourth-order valence-corrected chi connectivity index (χ4v) is 3.39. The minimum absolute atomic E-state index is 0.0167. The number of aromatic nitrogens is 2. The number of ether oxygens (including phenoxy) is 3. The summed E-state index contributed by atoms with van der Waals surface area (Å²) in [4.78, 5) is 12.9. The first-order valence-corrected chi connectivity index (χ1v) is 8.79. The third-order valence-corrected chi connectivity index (χ3v) is 4.80. The van der Waals surface area contributed by atoms with Crippen molar-refractivity contribution in [3.05, 3.63) is 36.7 Å². The molecule has 8 nitrogen and oxygen atoms in total. The number of amides is 1. The van der Waals surface area contributed by atoms with Gasteiger partial charge in [-0.2, -0.15) is 5.10 Å². The monoisotopic (exact) mass is 358 g/mol. The van der Waals surface area contributed by atoms with Crippen molar-refractivity contribution < 1.29 is 19.0 Å². The molecule has 1 amide bonds. The predicted molar refractivity (Wildman–Crippen MR) is 93.4 cm³/mol. The maximum atomic E-state index is 12.9. The summed E-state index contributed by atoms with van der Waals surface area (Å²) < 4.78 is 18.1. The zero-order chi connectivity index (χ0) is 17.8. The summed E-state index contributed by atoms with van der Waals surface area (Å²) in [6.07, 6.45) is 4.99. The van der Waals surface area contributed by atoms with Crippen molar-refractivity contribution in [2.24, 2.45) is 0 Å². The van der Waals surface area contributed by atoms with Gasteiger partial charge in [-0.1, -0.05) is 0 Å². The lowest BCUT2D eigenvalue weighted by molar-refractivity contribution is -0.132. The maximum Gasteiger partial charge on any atom is 0.248 e. The van der Waals surface area contributed by atoms with Gasteiger partial charge in [0, 0.05) is 18.5 Å². The first-order valence-electron chi connectivity index (χ1n) is 8.79. The smallest absolute Gasteiger partial charge is 0.248 e. The van der Waals surface area contributed by atoms with Crippen molar-refractivity contribution in [1.82, 2.24) is 20.4 Å². The van der Waals surface area contributed by atoms with Gasteiger partial charge in [-0.3, -0.25) is 9.48 Å². The molecule has 1 aromatic heterocycles. The number of piperidine rings is 1. The quantitative estimate of drug-likeness (QED) is 0.746. The average molecular weight is 358 g/mol. The third kappa shape index (κ3) is 3.20. The Morgan fingerprint density at radius 2 is 2.15 bits per heavy atom. The Balaban J connectivity index is 1.33. The van der Waals surface area contributed by atoms with Crippen LogP contribution in [0, 0.1) is 0 Å². The largest absolute Gasteiger partial charge is 0.492 e. The SMILES string of the molecule is O=C(NCCOc1ccc2c(c1)OCO2)C1(n2cccn2)CCNCC1. The van der Waals surface area contributed by atoms with Gasteiger partial charge in [0.05, 0.1) is 6.54 Å². The Bertz CT molecular complexity index is 757. The van der Waals surface area contributed by atoms with E-state index in [4.69, 9.17) is 14.2 Å². The van der Waals surface area contributed by atoms with E-state index in [1.807, 2.05) is 24.4 Å². The molecule has 2 aliphatic rings. The number of benzene rings is 1. The Morgan fingerprint density at radius 1 is 1.31 bits per heavy atom. The fourth-order valence-electron chi connectivity index (χ4n) is 3.39. The number of nitrogens with one attached hydrogen (secondary N) is 2. The van der Waals surface area contributed by atoms with E-state index in [1.54, 1.807) is 16.9 Å². The van der Waals surface area contributed by atoms with E-state index < -0.39 is 5.54 Å². The van der Waals surface area contributed by atoms with Crippen molar-refractivity contribution in [3.8, 4) is 17.2 Å². The third-order valence-electron chi connectivity index (χ3n) is 4.80. The Hall–Kier alpha value is -2.74. The molecule has 0 unspecified atom stereocenters. The van der Waals surface area contributed by atoms with Gasteiger partial charge in [0.2, 0.25) is 12.7 Å². The van der Waals surface area contributed by atoms with Crippen molar-refractivity contribution in [2.45, 2.75) is 18.4 Å². The van der Waals surface area contributed by atoms with Crippen LogP contribution in [-0.4, -0.2) is 48.7 Å². The summed E-state index contributed by atoms with van der Waals surface area (Å²) in [6.45, 7) is 2.61. The van der Waals surface area contributed by atoms with Crippen LogP contribution in [0.4, 0.5) is 0 Å². The zero-order valence-electron chi connectivity index (χ0n) is 14.4. The van der Waals surface area contributed by atoms with Gasteiger partial charge in [-0.15, -0.1) is 0 Å². The van der Waals surface area contributed by atoms with E-state index in [0.717, 1.165) is 18.8 Å². The summed E-state index contributed by atoms with van der Waals surface area (Å²) in [5, 5.41) is 10.6. The predicted octanol–water partition coefficient (Wildman–Crippen LogP) is 0.886. The van der Waals surface area contributed by atoms with Crippen LogP contribution in [0.25, 0.3) is 0 Å². The van der Waals surface area contributed by atoms with Crippen LogP contribution < -0.4 is 24.8 Å². The van der Waals surface area contributed by atoms with Gasteiger partial charge in [-0.05, 0) is 44.1 Å². The Kier molecular flexibility index (Phi) is 4.66. The second-order valence-electron chi connectivity index (χ2n) is 6.35. The summed E-state index contributed by atoms with van der Waals surface area (Å²) in [5.41, 5.74) is -0.631. The second kappa shape index (κ2) is 7.25. The standard InChI is InChI=1S/C18H22N4O4/c23-17(18(4-7-19-8-5-18)22-10-1-6-21-22)20-9-11-24-14-2-3-15-16(12-14)26-13-25-15/h1-3,6,10,12,19H,4-5,7-9,11,13H2,(H,20,23). The molecule has 2 N–H and O–H groups in total. The van der Waals surface area contributed by atoms with Crippen LogP contribution in [0.3, 0.4) is 0 Å². The first-order chi connectivity index (χ1) is 12.8. The molecule has 0 spiro atoms. The second-order valence-corrected chi connectivity index (χ2v) is 6.35. The topological polar surface area (TPSA) is 86.6 Å². The number of carbonyl (C=O) groups is 1. The molecule has 2 aliphatic heterocycles. The summed E-state index contributed by atoms with van der Waals surface area (Å²) >= 11 is 0. The van der Waals surface area contributed by atoms with Gasteiger partial charge >= 0.3 is 0 Å². The first kappa shape index (κ1) is 16.7. The lowest BCUT2D eigenvalue weighted by atomic mass is 9.87. The molecular formula is C18H22N4O4. The number of hydrogen-bond donors (Lipinski definition) is 2. The molecule has 0 bridgehead atoms. The normalized spacial score (nSPS) is 17.7. The molecule has 8 heteroatoms. The average Bonchev–Trinajstić information content (AvgIpc) is 3.37. The molecule has 138 valence electrons. The summed E-state index contributed by atoms with van der Waals surface area (Å²) in [7, 11) is 0. The number of carbonyl (C=O) groups excluding carboxylic acids is 1. The van der Waals surface area contributed by atoms with Gasteiger partial charge in [-0.25, -0.2) is 0 Å². The molecule has 0 radical (unpaired) electrons. The molecule has 26 heavy (non-hydrogen) atoms. The molecule has 0 aliphatic carbocycles. The Morgan fingerprint density at radius 3 is 2.96 bits per heavy atom.